The Balaban J connectivity index is 1.80. The molecule has 1 aliphatic rings. The second-order valence-corrected chi connectivity index (χ2v) is 5.12. The Morgan fingerprint density at radius 2 is 2.38 bits per heavy atom. The van der Waals surface area contributed by atoms with Gasteiger partial charge < -0.3 is 20.1 Å². The maximum atomic E-state index is 12.2. The first-order valence-corrected chi connectivity index (χ1v) is 6.91. The number of ether oxygens (including phenoxy) is 1. The molecule has 2 atom stereocenters. The fraction of sp³-hybridized carbons (Fsp3) is 0.615. The highest BCUT2D eigenvalue weighted by Crippen LogP contribution is 2.09. The summed E-state index contributed by atoms with van der Waals surface area (Å²) in [5.41, 5.74) is 0. The van der Waals surface area contributed by atoms with Gasteiger partial charge >= 0.3 is 12.0 Å². The number of morpholine rings is 1. The van der Waals surface area contributed by atoms with E-state index in [2.05, 4.69) is 10.4 Å². The van der Waals surface area contributed by atoms with Gasteiger partial charge in [-0.3, -0.25) is 9.48 Å². The van der Waals surface area contributed by atoms with Gasteiger partial charge in [-0.05, 0) is 13.0 Å². The van der Waals surface area contributed by atoms with Crippen LogP contribution in [0.15, 0.2) is 18.5 Å². The van der Waals surface area contributed by atoms with Crippen molar-refractivity contribution in [2.45, 2.75) is 32.0 Å². The molecule has 0 radical (unpaired) electrons. The number of aromatic nitrogens is 2. The van der Waals surface area contributed by atoms with E-state index in [4.69, 9.17) is 9.84 Å². The SMILES string of the molecule is CC(Cn1cccn1)NC(=O)N1CCOC(CC(=O)O)C1. The molecule has 2 amide bonds. The third-order valence-corrected chi connectivity index (χ3v) is 3.22. The van der Waals surface area contributed by atoms with Crippen LogP contribution in [0.25, 0.3) is 0 Å². The van der Waals surface area contributed by atoms with Gasteiger partial charge in [-0.25, -0.2) is 4.79 Å². The van der Waals surface area contributed by atoms with Crippen LogP contribution in [0.1, 0.15) is 13.3 Å². The summed E-state index contributed by atoms with van der Waals surface area (Å²) in [4.78, 5) is 24.4. The van der Waals surface area contributed by atoms with Crippen LogP contribution in [0.5, 0.6) is 0 Å². The van der Waals surface area contributed by atoms with E-state index in [-0.39, 0.29) is 18.5 Å². The second-order valence-electron chi connectivity index (χ2n) is 5.12. The molecule has 0 spiro atoms. The summed E-state index contributed by atoms with van der Waals surface area (Å²) in [6, 6.07) is 1.55. The van der Waals surface area contributed by atoms with E-state index in [1.807, 2.05) is 19.2 Å². The van der Waals surface area contributed by atoms with Crippen LogP contribution < -0.4 is 5.32 Å². The lowest BCUT2D eigenvalue weighted by Gasteiger charge is -2.33. The average Bonchev–Trinajstić information content (AvgIpc) is 2.90. The molecule has 2 rings (SSSR count). The molecular formula is C13H20N4O4. The van der Waals surface area contributed by atoms with Gasteiger partial charge in [0.25, 0.3) is 0 Å². The maximum absolute atomic E-state index is 12.2. The topological polar surface area (TPSA) is 96.7 Å². The van der Waals surface area contributed by atoms with Crippen molar-refractivity contribution in [2.75, 3.05) is 19.7 Å². The summed E-state index contributed by atoms with van der Waals surface area (Å²) >= 11 is 0. The highest BCUT2D eigenvalue weighted by molar-refractivity contribution is 5.75. The normalized spacial score (nSPS) is 20.0. The van der Waals surface area contributed by atoms with Crippen molar-refractivity contribution in [3.8, 4) is 0 Å². The smallest absolute Gasteiger partial charge is 0.317 e. The Labute approximate surface area is 122 Å². The largest absolute Gasteiger partial charge is 0.481 e. The summed E-state index contributed by atoms with van der Waals surface area (Å²) in [5, 5.41) is 15.7. The summed E-state index contributed by atoms with van der Waals surface area (Å²) in [7, 11) is 0. The van der Waals surface area contributed by atoms with E-state index in [0.29, 0.717) is 26.2 Å². The minimum absolute atomic E-state index is 0.0711. The van der Waals surface area contributed by atoms with E-state index in [1.165, 1.54) is 0 Å². The molecule has 2 N–H and O–H groups in total. The Kier molecular flexibility index (Phi) is 5.15. The van der Waals surface area contributed by atoms with Crippen molar-refractivity contribution in [3.05, 3.63) is 18.5 Å². The minimum atomic E-state index is -0.922. The van der Waals surface area contributed by atoms with Crippen LogP contribution in [0.2, 0.25) is 0 Å². The van der Waals surface area contributed by atoms with Crippen molar-refractivity contribution < 1.29 is 19.4 Å². The number of rotatable bonds is 5. The predicted molar refractivity (Wildman–Crippen MR) is 73.8 cm³/mol. The first-order chi connectivity index (χ1) is 10.0. The lowest BCUT2D eigenvalue weighted by molar-refractivity contribution is -0.141. The molecule has 0 aromatic carbocycles. The molecule has 2 unspecified atom stereocenters. The highest BCUT2D eigenvalue weighted by Gasteiger charge is 2.26. The van der Waals surface area contributed by atoms with Gasteiger partial charge in [0.15, 0.2) is 0 Å². The summed E-state index contributed by atoms with van der Waals surface area (Å²) in [5.74, 6) is -0.922. The lowest BCUT2D eigenvalue weighted by Crippen LogP contribution is -2.52. The van der Waals surface area contributed by atoms with Gasteiger partial charge in [-0.1, -0.05) is 0 Å². The number of nitrogens with zero attached hydrogens (tertiary/aromatic N) is 3. The van der Waals surface area contributed by atoms with E-state index < -0.39 is 12.1 Å². The molecule has 1 fully saturated rings. The molecule has 8 heteroatoms. The number of hydrogen-bond donors (Lipinski definition) is 2. The number of carboxylic acid groups (broad SMARTS) is 1. The van der Waals surface area contributed by atoms with Crippen molar-refractivity contribution in [2.24, 2.45) is 0 Å². The molecule has 21 heavy (non-hydrogen) atoms. The molecule has 0 bridgehead atoms. The number of carbonyl (C=O) groups excluding carboxylic acids is 1. The molecule has 1 aliphatic heterocycles. The third-order valence-electron chi connectivity index (χ3n) is 3.22. The quantitative estimate of drug-likeness (QED) is 0.806. The molecule has 1 saturated heterocycles. The van der Waals surface area contributed by atoms with E-state index in [0.717, 1.165) is 0 Å². The summed E-state index contributed by atoms with van der Waals surface area (Å²) < 4.78 is 7.09. The second kappa shape index (κ2) is 7.07. The fourth-order valence-electron chi connectivity index (χ4n) is 2.26. The summed E-state index contributed by atoms with van der Waals surface area (Å²) in [6.07, 6.45) is 2.99. The van der Waals surface area contributed by atoms with Gasteiger partial charge in [-0.15, -0.1) is 0 Å². The van der Waals surface area contributed by atoms with Gasteiger partial charge in [0.1, 0.15) is 0 Å². The number of aliphatic carboxylic acids is 1. The number of carboxylic acids is 1. The molecule has 2 heterocycles. The minimum Gasteiger partial charge on any atom is -0.481 e. The number of hydrogen-bond acceptors (Lipinski definition) is 4. The van der Waals surface area contributed by atoms with Crippen LogP contribution in [-0.4, -0.2) is 63.6 Å². The zero-order valence-corrected chi connectivity index (χ0v) is 11.9. The van der Waals surface area contributed by atoms with Crippen LogP contribution in [-0.2, 0) is 16.1 Å². The van der Waals surface area contributed by atoms with Gasteiger partial charge in [-0.2, -0.15) is 5.10 Å². The average molecular weight is 296 g/mol. The van der Waals surface area contributed by atoms with Crippen LogP contribution in [0.3, 0.4) is 0 Å². The molecule has 8 nitrogen and oxygen atoms in total. The lowest BCUT2D eigenvalue weighted by atomic mass is 10.2. The van der Waals surface area contributed by atoms with Crippen molar-refractivity contribution in [1.82, 2.24) is 20.0 Å². The summed E-state index contributed by atoms with van der Waals surface area (Å²) in [6.45, 7) is 3.61. The molecule has 1 aromatic rings. The molecule has 1 aromatic heterocycles. The van der Waals surface area contributed by atoms with Gasteiger partial charge in [0, 0.05) is 31.5 Å². The number of urea groups is 1. The first-order valence-electron chi connectivity index (χ1n) is 6.91. The third kappa shape index (κ3) is 4.75. The molecule has 0 aliphatic carbocycles. The number of amides is 2. The first kappa shape index (κ1) is 15.3. The molecular weight excluding hydrogens is 276 g/mol. The standard InChI is InChI=1S/C13H20N4O4/c1-10(8-17-4-2-3-14-17)15-13(20)16-5-6-21-11(9-16)7-12(18)19/h2-4,10-11H,5-9H2,1H3,(H,15,20)(H,18,19). The number of nitrogens with one attached hydrogen (secondary N) is 1. The monoisotopic (exact) mass is 296 g/mol. The van der Waals surface area contributed by atoms with Gasteiger partial charge in [0.05, 0.1) is 25.7 Å². The Morgan fingerprint density at radius 3 is 3.05 bits per heavy atom. The van der Waals surface area contributed by atoms with Gasteiger partial charge in [0.2, 0.25) is 0 Å². The Hall–Kier alpha value is -2.09. The number of carbonyl (C=O) groups is 2. The zero-order valence-electron chi connectivity index (χ0n) is 11.9. The Morgan fingerprint density at radius 1 is 1.57 bits per heavy atom. The predicted octanol–water partition coefficient (Wildman–Crippen LogP) is 0.157. The van der Waals surface area contributed by atoms with Crippen LogP contribution in [0, 0.1) is 0 Å². The molecule has 116 valence electrons. The maximum Gasteiger partial charge on any atom is 0.317 e. The highest BCUT2D eigenvalue weighted by atomic mass is 16.5. The van der Waals surface area contributed by atoms with Crippen molar-refractivity contribution >= 4 is 12.0 Å². The zero-order chi connectivity index (χ0) is 15.2. The van der Waals surface area contributed by atoms with Crippen molar-refractivity contribution in [1.29, 1.82) is 0 Å². The fourth-order valence-corrected chi connectivity index (χ4v) is 2.26. The van der Waals surface area contributed by atoms with Crippen molar-refractivity contribution in [3.63, 3.8) is 0 Å². The molecule has 0 saturated carbocycles. The van der Waals surface area contributed by atoms with Crippen LogP contribution >= 0.6 is 0 Å². The Bertz CT molecular complexity index is 477. The van der Waals surface area contributed by atoms with Crippen LogP contribution in [0.4, 0.5) is 4.79 Å². The van der Waals surface area contributed by atoms with E-state index in [1.54, 1.807) is 15.8 Å². The van der Waals surface area contributed by atoms with E-state index in [9.17, 15) is 9.59 Å². The van der Waals surface area contributed by atoms with E-state index >= 15 is 0 Å².